The van der Waals surface area contributed by atoms with Gasteiger partial charge in [-0.3, -0.25) is 9.79 Å². The summed E-state index contributed by atoms with van der Waals surface area (Å²) in [4.78, 5) is 13.9. The molecule has 52 valence electrons. The Morgan fingerprint density at radius 3 is 2.33 bits per heavy atom. The number of aldehydes is 1. The maximum atomic E-state index is 10.1. The van der Waals surface area contributed by atoms with Crippen molar-refractivity contribution < 1.29 is 4.79 Å². The predicted molar refractivity (Wildman–Crippen MR) is 38.9 cm³/mol. The Balaban J connectivity index is 3.71. The van der Waals surface area contributed by atoms with Crippen molar-refractivity contribution in [3.63, 3.8) is 0 Å². The summed E-state index contributed by atoms with van der Waals surface area (Å²) >= 11 is 0. The van der Waals surface area contributed by atoms with E-state index in [1.165, 1.54) is 0 Å². The van der Waals surface area contributed by atoms with E-state index in [1.54, 1.807) is 7.05 Å². The second-order valence-electron chi connectivity index (χ2n) is 2.43. The summed E-state index contributed by atoms with van der Waals surface area (Å²) in [5, 5.41) is 0. The van der Waals surface area contributed by atoms with Gasteiger partial charge >= 0.3 is 0 Å². The lowest BCUT2D eigenvalue weighted by atomic mass is 10.1. The number of hydrogen-bond acceptors (Lipinski definition) is 2. The lowest BCUT2D eigenvalue weighted by Crippen LogP contribution is -2.03. The third-order valence-electron chi connectivity index (χ3n) is 1.04. The fraction of sp³-hybridized carbons (Fsp3) is 0.714. The molecule has 0 atom stereocenters. The van der Waals surface area contributed by atoms with Crippen LogP contribution in [-0.4, -0.2) is 19.0 Å². The first-order valence-electron chi connectivity index (χ1n) is 3.11. The first kappa shape index (κ1) is 8.34. The van der Waals surface area contributed by atoms with E-state index in [9.17, 15) is 4.79 Å². The van der Waals surface area contributed by atoms with Crippen molar-refractivity contribution >= 4 is 12.0 Å². The molecule has 0 aliphatic carbocycles. The molecule has 2 nitrogen and oxygen atoms in total. The topological polar surface area (TPSA) is 29.4 Å². The highest BCUT2D eigenvalue weighted by atomic mass is 16.1. The predicted octanol–water partition coefficient (Wildman–Crippen LogP) is 1.30. The van der Waals surface area contributed by atoms with E-state index in [1.807, 2.05) is 0 Å². The van der Waals surface area contributed by atoms with Gasteiger partial charge in [0.2, 0.25) is 0 Å². The maximum Gasteiger partial charge on any atom is 0.163 e. The van der Waals surface area contributed by atoms with Crippen LogP contribution < -0.4 is 0 Å². The zero-order chi connectivity index (χ0) is 7.28. The smallest absolute Gasteiger partial charge is 0.163 e. The number of rotatable bonds is 3. The van der Waals surface area contributed by atoms with Crippen molar-refractivity contribution in [3.8, 4) is 0 Å². The normalized spacial score (nSPS) is 12.2. The molecule has 0 spiro atoms. The van der Waals surface area contributed by atoms with Gasteiger partial charge in [-0.05, 0) is 12.3 Å². The Kier molecular flexibility index (Phi) is 3.93. The minimum atomic E-state index is 0.522. The van der Waals surface area contributed by atoms with Gasteiger partial charge in [0.05, 0.1) is 5.71 Å². The molecule has 0 saturated carbocycles. The summed E-state index contributed by atoms with van der Waals surface area (Å²) in [6.07, 6.45) is 1.61. The number of carbonyl (C=O) groups is 1. The Morgan fingerprint density at radius 1 is 1.67 bits per heavy atom. The Labute approximate surface area is 56.0 Å². The number of aliphatic imine (C=N–C) groups is 1. The molecule has 0 fully saturated rings. The zero-order valence-corrected chi connectivity index (χ0v) is 6.22. The van der Waals surface area contributed by atoms with Crippen LogP contribution in [0.5, 0.6) is 0 Å². The molecule has 0 rings (SSSR count). The molecule has 0 bridgehead atoms. The fourth-order valence-corrected chi connectivity index (χ4v) is 0.610. The van der Waals surface area contributed by atoms with Gasteiger partial charge in [-0.1, -0.05) is 13.8 Å². The van der Waals surface area contributed by atoms with E-state index in [0.717, 1.165) is 12.7 Å². The molecule has 0 aliphatic heterocycles. The third kappa shape index (κ3) is 3.88. The summed E-state index contributed by atoms with van der Waals surface area (Å²) in [5.74, 6) is 0.522. The van der Waals surface area contributed by atoms with Crippen LogP contribution in [0, 0.1) is 5.92 Å². The second-order valence-corrected chi connectivity index (χ2v) is 2.43. The van der Waals surface area contributed by atoms with Crippen molar-refractivity contribution in [1.29, 1.82) is 0 Å². The molecule has 0 N–H and O–H groups in total. The van der Waals surface area contributed by atoms with Gasteiger partial charge in [0.15, 0.2) is 6.29 Å². The van der Waals surface area contributed by atoms with E-state index in [-0.39, 0.29) is 0 Å². The van der Waals surface area contributed by atoms with E-state index < -0.39 is 0 Å². The van der Waals surface area contributed by atoms with Crippen molar-refractivity contribution in [1.82, 2.24) is 0 Å². The van der Waals surface area contributed by atoms with Gasteiger partial charge in [-0.25, -0.2) is 0 Å². The van der Waals surface area contributed by atoms with Crippen molar-refractivity contribution in [3.05, 3.63) is 0 Å². The van der Waals surface area contributed by atoms with Crippen LogP contribution in [0.3, 0.4) is 0 Å². The SMILES string of the molecule is CN=C(C=O)CC(C)C. The van der Waals surface area contributed by atoms with Crippen LogP contribution in [0.4, 0.5) is 0 Å². The highest BCUT2D eigenvalue weighted by molar-refractivity contribution is 6.28. The molecule has 9 heavy (non-hydrogen) atoms. The van der Waals surface area contributed by atoms with Gasteiger partial charge < -0.3 is 0 Å². The summed E-state index contributed by atoms with van der Waals surface area (Å²) in [6.45, 7) is 4.13. The van der Waals surface area contributed by atoms with Gasteiger partial charge in [0, 0.05) is 7.05 Å². The molecule has 0 heterocycles. The molecule has 0 aromatic carbocycles. The Hall–Kier alpha value is -0.660. The quantitative estimate of drug-likeness (QED) is 0.415. The third-order valence-corrected chi connectivity index (χ3v) is 1.04. The van der Waals surface area contributed by atoms with Crippen LogP contribution in [0.1, 0.15) is 20.3 Å². The molecule has 0 aliphatic rings. The maximum absolute atomic E-state index is 10.1. The molecule has 2 heteroatoms. The highest BCUT2D eigenvalue weighted by Gasteiger charge is 1.98. The minimum absolute atomic E-state index is 0.522. The van der Waals surface area contributed by atoms with Crippen molar-refractivity contribution in [2.24, 2.45) is 10.9 Å². The van der Waals surface area contributed by atoms with Crippen LogP contribution in [0.2, 0.25) is 0 Å². The molecule has 0 radical (unpaired) electrons. The van der Waals surface area contributed by atoms with Crippen LogP contribution in [-0.2, 0) is 4.79 Å². The lowest BCUT2D eigenvalue weighted by Gasteiger charge is -1.99. The number of nitrogens with zero attached hydrogens (tertiary/aromatic N) is 1. The average Bonchev–Trinajstić information content (AvgIpc) is 1.82. The van der Waals surface area contributed by atoms with Crippen molar-refractivity contribution in [2.45, 2.75) is 20.3 Å². The van der Waals surface area contributed by atoms with Crippen LogP contribution >= 0.6 is 0 Å². The molecule has 0 saturated heterocycles. The van der Waals surface area contributed by atoms with Crippen LogP contribution in [0.25, 0.3) is 0 Å². The number of hydrogen-bond donors (Lipinski definition) is 0. The van der Waals surface area contributed by atoms with Crippen LogP contribution in [0.15, 0.2) is 4.99 Å². The average molecular weight is 127 g/mol. The van der Waals surface area contributed by atoms with E-state index in [0.29, 0.717) is 11.6 Å². The first-order valence-corrected chi connectivity index (χ1v) is 3.11. The minimum Gasteiger partial charge on any atom is -0.297 e. The van der Waals surface area contributed by atoms with Gasteiger partial charge in [-0.2, -0.15) is 0 Å². The van der Waals surface area contributed by atoms with E-state index >= 15 is 0 Å². The fourth-order valence-electron chi connectivity index (χ4n) is 0.610. The van der Waals surface area contributed by atoms with Gasteiger partial charge in [-0.15, -0.1) is 0 Å². The molecule has 0 unspecified atom stereocenters. The first-order chi connectivity index (χ1) is 4.20. The summed E-state index contributed by atoms with van der Waals surface area (Å²) < 4.78 is 0. The largest absolute Gasteiger partial charge is 0.297 e. The molecular formula is C7H13NO. The highest BCUT2D eigenvalue weighted by Crippen LogP contribution is 1.99. The zero-order valence-electron chi connectivity index (χ0n) is 6.22. The number of carbonyl (C=O) groups excluding carboxylic acids is 1. The van der Waals surface area contributed by atoms with Crippen molar-refractivity contribution in [2.75, 3.05) is 7.05 Å². The monoisotopic (exact) mass is 127 g/mol. The van der Waals surface area contributed by atoms with E-state index in [4.69, 9.17) is 0 Å². The standard InChI is InChI=1S/C7H13NO/c1-6(2)4-7(5-9)8-3/h5-6H,4H2,1-3H3. The molecule has 0 aromatic heterocycles. The van der Waals surface area contributed by atoms with E-state index in [2.05, 4.69) is 18.8 Å². The van der Waals surface area contributed by atoms with Gasteiger partial charge in [0.25, 0.3) is 0 Å². The molecule has 0 aromatic rings. The lowest BCUT2D eigenvalue weighted by molar-refractivity contribution is -0.102. The summed E-state index contributed by atoms with van der Waals surface area (Å²) in [6, 6.07) is 0. The Morgan fingerprint density at radius 2 is 2.22 bits per heavy atom. The summed E-state index contributed by atoms with van der Waals surface area (Å²) in [7, 11) is 1.64. The second kappa shape index (κ2) is 4.24. The Bertz CT molecular complexity index is 116. The summed E-state index contributed by atoms with van der Waals surface area (Å²) in [5.41, 5.74) is 0.657. The van der Waals surface area contributed by atoms with Gasteiger partial charge in [0.1, 0.15) is 0 Å². The molecule has 0 amide bonds. The molecular weight excluding hydrogens is 114 g/mol.